The van der Waals surface area contributed by atoms with Crippen LogP contribution in [0.5, 0.6) is 5.75 Å². The number of benzene rings is 2. The third-order valence-electron chi connectivity index (χ3n) is 3.72. The molecule has 0 spiro atoms. The van der Waals surface area contributed by atoms with Crippen molar-refractivity contribution in [3.05, 3.63) is 60.2 Å². The Morgan fingerprint density at radius 1 is 1.10 bits per heavy atom. The minimum absolute atomic E-state index is 0.410. The van der Waals surface area contributed by atoms with Crippen LogP contribution in [0.2, 0.25) is 0 Å². The molecule has 3 rings (SSSR count). The molecule has 0 heterocycles. The zero-order valence-electron chi connectivity index (χ0n) is 11.9. The summed E-state index contributed by atoms with van der Waals surface area (Å²) >= 11 is 0. The van der Waals surface area contributed by atoms with Crippen molar-refractivity contribution in [3.63, 3.8) is 0 Å². The smallest absolute Gasteiger partial charge is 0.121 e. The number of nitrogens with one attached hydrogen (secondary N) is 1. The highest BCUT2D eigenvalue weighted by Gasteiger charge is 2.32. The van der Waals surface area contributed by atoms with Crippen molar-refractivity contribution >= 4 is 5.69 Å². The summed E-state index contributed by atoms with van der Waals surface area (Å²) in [4.78, 5) is 0. The van der Waals surface area contributed by atoms with Gasteiger partial charge in [0.1, 0.15) is 5.75 Å². The second-order valence-corrected chi connectivity index (χ2v) is 5.33. The van der Waals surface area contributed by atoms with E-state index in [1.165, 1.54) is 18.4 Å². The molecule has 1 aliphatic carbocycles. The van der Waals surface area contributed by atoms with Gasteiger partial charge in [0.25, 0.3) is 0 Å². The summed E-state index contributed by atoms with van der Waals surface area (Å²) in [6.07, 6.45) is 2.63. The van der Waals surface area contributed by atoms with Gasteiger partial charge in [-0.15, -0.1) is 0 Å². The van der Waals surface area contributed by atoms with Crippen molar-refractivity contribution in [1.29, 1.82) is 0 Å². The third kappa shape index (κ3) is 3.13. The summed E-state index contributed by atoms with van der Waals surface area (Å²) in [5, 5.41) is 3.68. The average Bonchev–Trinajstić information content (AvgIpc) is 3.31. The van der Waals surface area contributed by atoms with Gasteiger partial charge in [-0.2, -0.15) is 0 Å². The van der Waals surface area contributed by atoms with E-state index < -0.39 is 0 Å². The SMILES string of the molecule is CCOc1cccc(NC(c2ccccc2)C2CC2)c1. The van der Waals surface area contributed by atoms with Crippen LogP contribution in [0.15, 0.2) is 54.6 Å². The normalized spacial score (nSPS) is 15.7. The molecule has 104 valence electrons. The molecule has 1 unspecified atom stereocenters. The van der Waals surface area contributed by atoms with Gasteiger partial charge < -0.3 is 10.1 Å². The van der Waals surface area contributed by atoms with Gasteiger partial charge in [-0.25, -0.2) is 0 Å². The van der Waals surface area contributed by atoms with Crippen molar-refractivity contribution in [2.75, 3.05) is 11.9 Å². The van der Waals surface area contributed by atoms with E-state index in [1.54, 1.807) is 0 Å². The van der Waals surface area contributed by atoms with Gasteiger partial charge in [0.05, 0.1) is 12.6 Å². The molecule has 20 heavy (non-hydrogen) atoms. The summed E-state index contributed by atoms with van der Waals surface area (Å²) in [6, 6.07) is 19.4. The molecule has 0 aromatic heterocycles. The summed E-state index contributed by atoms with van der Waals surface area (Å²) in [7, 11) is 0. The molecule has 2 aromatic rings. The van der Waals surface area contributed by atoms with Crippen molar-refractivity contribution < 1.29 is 4.74 Å². The van der Waals surface area contributed by atoms with Crippen molar-refractivity contribution in [2.45, 2.75) is 25.8 Å². The number of hydrogen-bond acceptors (Lipinski definition) is 2. The van der Waals surface area contributed by atoms with Crippen LogP contribution in [-0.4, -0.2) is 6.61 Å². The van der Waals surface area contributed by atoms with E-state index in [0.29, 0.717) is 12.6 Å². The van der Waals surface area contributed by atoms with E-state index in [1.807, 2.05) is 19.1 Å². The molecule has 2 nitrogen and oxygen atoms in total. The van der Waals surface area contributed by atoms with Crippen LogP contribution >= 0.6 is 0 Å². The van der Waals surface area contributed by atoms with Gasteiger partial charge in [-0.3, -0.25) is 0 Å². The predicted molar refractivity (Wildman–Crippen MR) is 83.1 cm³/mol. The van der Waals surface area contributed by atoms with E-state index in [4.69, 9.17) is 4.74 Å². The summed E-state index contributed by atoms with van der Waals surface area (Å²) in [5.74, 6) is 1.69. The first-order valence-electron chi connectivity index (χ1n) is 7.41. The minimum atomic E-state index is 0.410. The Labute approximate surface area is 120 Å². The molecule has 1 fully saturated rings. The number of ether oxygens (including phenoxy) is 1. The number of hydrogen-bond donors (Lipinski definition) is 1. The largest absolute Gasteiger partial charge is 0.494 e. The van der Waals surface area contributed by atoms with E-state index in [-0.39, 0.29) is 0 Å². The van der Waals surface area contributed by atoms with Crippen LogP contribution in [0.4, 0.5) is 5.69 Å². The van der Waals surface area contributed by atoms with Gasteiger partial charge in [0, 0.05) is 11.8 Å². The zero-order valence-corrected chi connectivity index (χ0v) is 11.9. The second-order valence-electron chi connectivity index (χ2n) is 5.33. The first-order valence-corrected chi connectivity index (χ1v) is 7.41. The van der Waals surface area contributed by atoms with Crippen molar-refractivity contribution in [1.82, 2.24) is 0 Å². The quantitative estimate of drug-likeness (QED) is 0.822. The van der Waals surface area contributed by atoms with Crippen LogP contribution < -0.4 is 10.1 Å². The Bertz CT molecular complexity index is 548. The lowest BCUT2D eigenvalue weighted by molar-refractivity contribution is 0.340. The van der Waals surface area contributed by atoms with Gasteiger partial charge in [0.2, 0.25) is 0 Å². The van der Waals surface area contributed by atoms with Crippen LogP contribution in [0.1, 0.15) is 31.4 Å². The van der Waals surface area contributed by atoms with E-state index in [0.717, 1.165) is 17.4 Å². The highest BCUT2D eigenvalue weighted by atomic mass is 16.5. The molecule has 1 aliphatic rings. The van der Waals surface area contributed by atoms with Gasteiger partial charge >= 0.3 is 0 Å². The lowest BCUT2D eigenvalue weighted by atomic mass is 10.0. The lowest BCUT2D eigenvalue weighted by Crippen LogP contribution is -2.12. The van der Waals surface area contributed by atoms with Gasteiger partial charge in [0.15, 0.2) is 0 Å². The Balaban J connectivity index is 1.78. The Morgan fingerprint density at radius 3 is 2.60 bits per heavy atom. The average molecular weight is 267 g/mol. The standard InChI is InChI=1S/C18H21NO/c1-2-20-17-10-6-9-16(13-17)19-18(15-11-12-15)14-7-4-3-5-8-14/h3-10,13,15,18-19H,2,11-12H2,1H3. The van der Waals surface area contributed by atoms with Crippen molar-refractivity contribution in [3.8, 4) is 5.75 Å². The predicted octanol–water partition coefficient (Wildman–Crippen LogP) is 4.65. The van der Waals surface area contributed by atoms with Gasteiger partial charge in [-0.05, 0) is 43.4 Å². The lowest BCUT2D eigenvalue weighted by Gasteiger charge is -2.20. The highest BCUT2D eigenvalue weighted by molar-refractivity contribution is 5.50. The molecule has 0 radical (unpaired) electrons. The van der Waals surface area contributed by atoms with E-state index in [2.05, 4.69) is 47.8 Å². The first-order chi connectivity index (χ1) is 9.86. The maximum atomic E-state index is 5.57. The summed E-state index contributed by atoms with van der Waals surface area (Å²) in [5.41, 5.74) is 2.51. The maximum Gasteiger partial charge on any atom is 0.121 e. The fraction of sp³-hybridized carbons (Fsp3) is 0.333. The Morgan fingerprint density at radius 2 is 1.90 bits per heavy atom. The molecule has 0 amide bonds. The Hall–Kier alpha value is -1.96. The molecular formula is C18H21NO. The van der Waals surface area contributed by atoms with E-state index in [9.17, 15) is 0 Å². The topological polar surface area (TPSA) is 21.3 Å². The van der Waals surface area contributed by atoms with Crippen LogP contribution in [0.25, 0.3) is 0 Å². The summed E-state index contributed by atoms with van der Waals surface area (Å²) in [6.45, 7) is 2.71. The van der Waals surface area contributed by atoms with Gasteiger partial charge in [-0.1, -0.05) is 36.4 Å². The molecule has 1 saturated carbocycles. The molecule has 0 saturated heterocycles. The monoisotopic (exact) mass is 267 g/mol. The van der Waals surface area contributed by atoms with Crippen LogP contribution in [0, 0.1) is 5.92 Å². The van der Waals surface area contributed by atoms with E-state index >= 15 is 0 Å². The highest BCUT2D eigenvalue weighted by Crippen LogP contribution is 2.43. The molecule has 2 aromatic carbocycles. The zero-order chi connectivity index (χ0) is 13.8. The Kier molecular flexibility index (Phi) is 3.91. The number of anilines is 1. The molecule has 0 bridgehead atoms. The van der Waals surface area contributed by atoms with Crippen LogP contribution in [0.3, 0.4) is 0 Å². The minimum Gasteiger partial charge on any atom is -0.494 e. The summed E-state index contributed by atoms with van der Waals surface area (Å²) < 4.78 is 5.57. The fourth-order valence-electron chi connectivity index (χ4n) is 2.59. The molecule has 0 aliphatic heterocycles. The maximum absolute atomic E-state index is 5.57. The number of rotatable bonds is 6. The second kappa shape index (κ2) is 6.00. The van der Waals surface area contributed by atoms with Crippen molar-refractivity contribution in [2.24, 2.45) is 5.92 Å². The molecule has 1 atom stereocenters. The van der Waals surface area contributed by atoms with Crippen LogP contribution in [-0.2, 0) is 0 Å². The molecular weight excluding hydrogens is 246 g/mol. The molecule has 1 N–H and O–H groups in total. The first kappa shape index (κ1) is 13.0. The fourth-order valence-corrected chi connectivity index (χ4v) is 2.59. The third-order valence-corrected chi connectivity index (χ3v) is 3.72. The molecule has 2 heteroatoms.